The van der Waals surface area contributed by atoms with Gasteiger partial charge in [0, 0.05) is 20.3 Å². The Bertz CT molecular complexity index is 89.3. The highest BCUT2D eigenvalue weighted by molar-refractivity contribution is 4.87. The van der Waals surface area contributed by atoms with Crippen molar-refractivity contribution in [3.05, 3.63) is 12.2 Å². The smallest absolute Gasteiger partial charge is 0.0671 e. The Hall–Kier alpha value is -0.340. The molecule has 0 saturated carbocycles. The molecule has 0 rings (SSSR count). The molecule has 0 N–H and O–H groups in total. The van der Waals surface area contributed by atoms with Crippen LogP contribution in [0.4, 0.5) is 0 Å². The van der Waals surface area contributed by atoms with E-state index in [0.717, 1.165) is 25.2 Å². The summed E-state index contributed by atoms with van der Waals surface area (Å²) in [5.41, 5.74) is 1.07. The van der Waals surface area contributed by atoms with E-state index in [4.69, 9.17) is 9.47 Å². The molecule has 0 radical (unpaired) electrons. The summed E-state index contributed by atoms with van der Waals surface area (Å²) in [7, 11) is 1.69. The van der Waals surface area contributed by atoms with Crippen molar-refractivity contribution in [2.24, 2.45) is 0 Å². The molecule has 2 heteroatoms. The van der Waals surface area contributed by atoms with Gasteiger partial charge in [-0.1, -0.05) is 12.2 Å². The maximum absolute atomic E-state index is 5.22. The molecule has 0 fully saturated rings. The van der Waals surface area contributed by atoms with Crippen LogP contribution in [0.25, 0.3) is 0 Å². The second-order valence-electron chi connectivity index (χ2n) is 2.36. The molecule has 0 aliphatic carbocycles. The Labute approximate surface area is 62.8 Å². The SMILES string of the molecule is C=C(C)COCCCOC. The van der Waals surface area contributed by atoms with Gasteiger partial charge in [0.05, 0.1) is 6.61 Å². The van der Waals surface area contributed by atoms with E-state index in [2.05, 4.69) is 6.58 Å². The van der Waals surface area contributed by atoms with Crippen LogP contribution in [-0.4, -0.2) is 26.9 Å². The molecular weight excluding hydrogens is 128 g/mol. The number of methoxy groups -OCH3 is 1. The van der Waals surface area contributed by atoms with Crippen molar-refractivity contribution in [2.75, 3.05) is 26.9 Å². The van der Waals surface area contributed by atoms with E-state index in [1.54, 1.807) is 7.11 Å². The van der Waals surface area contributed by atoms with Crippen LogP contribution >= 0.6 is 0 Å². The molecule has 0 bridgehead atoms. The summed E-state index contributed by atoms with van der Waals surface area (Å²) in [4.78, 5) is 0. The van der Waals surface area contributed by atoms with Gasteiger partial charge in [-0.15, -0.1) is 0 Å². The van der Waals surface area contributed by atoms with Gasteiger partial charge in [0.2, 0.25) is 0 Å². The van der Waals surface area contributed by atoms with Crippen LogP contribution < -0.4 is 0 Å². The normalized spacial score (nSPS) is 9.80. The summed E-state index contributed by atoms with van der Waals surface area (Å²) in [6, 6.07) is 0. The molecule has 0 aromatic rings. The fraction of sp³-hybridized carbons (Fsp3) is 0.750. The largest absolute Gasteiger partial charge is 0.385 e. The van der Waals surface area contributed by atoms with E-state index in [0.29, 0.717) is 6.61 Å². The lowest BCUT2D eigenvalue weighted by molar-refractivity contribution is 0.117. The minimum absolute atomic E-state index is 0.670. The summed E-state index contributed by atoms with van der Waals surface area (Å²) >= 11 is 0. The fourth-order valence-corrected chi connectivity index (χ4v) is 0.552. The average molecular weight is 144 g/mol. The zero-order valence-corrected chi connectivity index (χ0v) is 6.85. The van der Waals surface area contributed by atoms with E-state index in [9.17, 15) is 0 Å². The lowest BCUT2D eigenvalue weighted by Crippen LogP contribution is -2.00. The van der Waals surface area contributed by atoms with Crippen LogP contribution in [0.5, 0.6) is 0 Å². The van der Waals surface area contributed by atoms with Gasteiger partial charge in [-0.05, 0) is 13.3 Å². The number of hydrogen-bond acceptors (Lipinski definition) is 2. The van der Waals surface area contributed by atoms with Gasteiger partial charge in [0.1, 0.15) is 0 Å². The standard InChI is InChI=1S/C8H16O2/c1-8(2)7-10-6-4-5-9-3/h1,4-7H2,2-3H3. The first-order chi connectivity index (χ1) is 4.77. The molecule has 0 amide bonds. The monoisotopic (exact) mass is 144 g/mol. The van der Waals surface area contributed by atoms with Crippen LogP contribution in [0, 0.1) is 0 Å². The maximum Gasteiger partial charge on any atom is 0.0671 e. The first-order valence-corrected chi connectivity index (χ1v) is 3.48. The van der Waals surface area contributed by atoms with Crippen molar-refractivity contribution in [3.63, 3.8) is 0 Å². The molecule has 0 aromatic carbocycles. The summed E-state index contributed by atoms with van der Waals surface area (Å²) in [6.07, 6.45) is 0.962. The third-order valence-electron chi connectivity index (χ3n) is 0.986. The number of hydrogen-bond donors (Lipinski definition) is 0. The van der Waals surface area contributed by atoms with Gasteiger partial charge >= 0.3 is 0 Å². The molecule has 0 saturated heterocycles. The predicted octanol–water partition coefficient (Wildman–Crippen LogP) is 1.62. The lowest BCUT2D eigenvalue weighted by atomic mass is 10.4. The molecule has 0 atom stereocenters. The minimum Gasteiger partial charge on any atom is -0.385 e. The lowest BCUT2D eigenvalue weighted by Gasteiger charge is -2.01. The summed E-state index contributed by atoms with van der Waals surface area (Å²) < 4.78 is 10.1. The van der Waals surface area contributed by atoms with Crippen LogP contribution in [0.2, 0.25) is 0 Å². The summed E-state index contributed by atoms with van der Waals surface area (Å²) in [5.74, 6) is 0. The van der Waals surface area contributed by atoms with E-state index >= 15 is 0 Å². The van der Waals surface area contributed by atoms with Crippen LogP contribution in [-0.2, 0) is 9.47 Å². The Morgan fingerprint density at radius 3 is 2.60 bits per heavy atom. The first kappa shape index (κ1) is 9.66. The van der Waals surface area contributed by atoms with Gasteiger partial charge < -0.3 is 9.47 Å². The van der Waals surface area contributed by atoms with Crippen molar-refractivity contribution in [1.82, 2.24) is 0 Å². The van der Waals surface area contributed by atoms with Gasteiger partial charge in [0.15, 0.2) is 0 Å². The molecule has 0 aliphatic rings. The van der Waals surface area contributed by atoms with Crippen LogP contribution in [0.3, 0.4) is 0 Å². The fourth-order valence-electron chi connectivity index (χ4n) is 0.552. The number of ether oxygens (including phenoxy) is 2. The van der Waals surface area contributed by atoms with E-state index < -0.39 is 0 Å². The van der Waals surface area contributed by atoms with Crippen molar-refractivity contribution in [3.8, 4) is 0 Å². The summed E-state index contributed by atoms with van der Waals surface area (Å²) in [5, 5.41) is 0. The highest BCUT2D eigenvalue weighted by Crippen LogP contribution is 1.89. The van der Waals surface area contributed by atoms with E-state index in [1.807, 2.05) is 6.92 Å². The topological polar surface area (TPSA) is 18.5 Å². The predicted molar refractivity (Wildman–Crippen MR) is 42.1 cm³/mol. The molecule has 0 spiro atoms. The Kier molecular flexibility index (Phi) is 6.55. The van der Waals surface area contributed by atoms with Gasteiger partial charge in [-0.2, -0.15) is 0 Å². The van der Waals surface area contributed by atoms with Gasteiger partial charge in [-0.3, -0.25) is 0 Å². The molecule has 60 valence electrons. The zero-order chi connectivity index (χ0) is 7.82. The zero-order valence-electron chi connectivity index (χ0n) is 6.85. The second kappa shape index (κ2) is 6.78. The van der Waals surface area contributed by atoms with Crippen molar-refractivity contribution in [1.29, 1.82) is 0 Å². The van der Waals surface area contributed by atoms with Crippen LogP contribution in [0.15, 0.2) is 12.2 Å². The average Bonchev–Trinajstić information content (AvgIpc) is 1.87. The Balaban J connectivity index is 2.84. The van der Waals surface area contributed by atoms with Crippen molar-refractivity contribution in [2.45, 2.75) is 13.3 Å². The first-order valence-electron chi connectivity index (χ1n) is 3.48. The van der Waals surface area contributed by atoms with E-state index in [-0.39, 0.29) is 0 Å². The third kappa shape index (κ3) is 7.66. The highest BCUT2D eigenvalue weighted by Gasteiger charge is 1.87. The summed E-state index contributed by atoms with van der Waals surface area (Å²) in [6.45, 7) is 7.88. The van der Waals surface area contributed by atoms with E-state index in [1.165, 1.54) is 0 Å². The Morgan fingerprint density at radius 2 is 2.10 bits per heavy atom. The molecule has 10 heavy (non-hydrogen) atoms. The highest BCUT2D eigenvalue weighted by atomic mass is 16.5. The van der Waals surface area contributed by atoms with Gasteiger partial charge in [-0.25, -0.2) is 0 Å². The molecular formula is C8H16O2. The molecule has 0 unspecified atom stereocenters. The van der Waals surface area contributed by atoms with Crippen molar-refractivity contribution < 1.29 is 9.47 Å². The third-order valence-corrected chi connectivity index (χ3v) is 0.986. The second-order valence-corrected chi connectivity index (χ2v) is 2.36. The molecule has 0 heterocycles. The van der Waals surface area contributed by atoms with Crippen molar-refractivity contribution >= 4 is 0 Å². The molecule has 2 nitrogen and oxygen atoms in total. The maximum atomic E-state index is 5.22. The molecule has 0 aromatic heterocycles. The van der Waals surface area contributed by atoms with Gasteiger partial charge in [0.25, 0.3) is 0 Å². The van der Waals surface area contributed by atoms with Crippen LogP contribution in [0.1, 0.15) is 13.3 Å². The minimum atomic E-state index is 0.670. The Morgan fingerprint density at radius 1 is 1.40 bits per heavy atom. The molecule has 0 aliphatic heterocycles. The quantitative estimate of drug-likeness (QED) is 0.416. The number of rotatable bonds is 6.